The number of rotatable bonds is 8. The molecule has 1 fully saturated rings. The average molecular weight is 419 g/mol. The van der Waals surface area contributed by atoms with Crippen molar-refractivity contribution in [2.45, 2.75) is 38.9 Å². The summed E-state index contributed by atoms with van der Waals surface area (Å²) in [6, 6.07) is 15.2. The van der Waals surface area contributed by atoms with Gasteiger partial charge in [0, 0.05) is 18.2 Å². The summed E-state index contributed by atoms with van der Waals surface area (Å²) in [6.07, 6.45) is 5.15. The van der Waals surface area contributed by atoms with E-state index in [1.165, 1.54) is 6.33 Å². The minimum atomic E-state index is -0.231. The Morgan fingerprint density at radius 1 is 1.06 bits per heavy atom. The number of nitrogens with one attached hydrogen (secondary N) is 3. The second kappa shape index (κ2) is 9.42. The number of amides is 3. The predicted octanol–water partition coefficient (Wildman–Crippen LogP) is 3.24. The normalized spacial score (nSPS) is 14.0. The van der Waals surface area contributed by atoms with Gasteiger partial charge in [0.05, 0.1) is 12.6 Å². The largest absolute Gasteiger partial charge is 0.334 e. The fraction of sp³-hybridized carbons (Fsp3) is 0.304. The molecule has 3 amide bonds. The molecular formula is C23H26N6O2. The summed E-state index contributed by atoms with van der Waals surface area (Å²) in [7, 11) is 0. The lowest BCUT2D eigenvalue weighted by molar-refractivity contribution is -0.117. The van der Waals surface area contributed by atoms with Crippen molar-refractivity contribution in [2.75, 3.05) is 5.32 Å². The third-order valence-corrected chi connectivity index (χ3v) is 5.26. The van der Waals surface area contributed by atoms with Crippen molar-refractivity contribution in [3.05, 3.63) is 77.9 Å². The van der Waals surface area contributed by atoms with Gasteiger partial charge in [-0.2, -0.15) is 5.10 Å². The number of carbonyl (C=O) groups is 2. The average Bonchev–Trinajstić information content (AvgIpc) is 3.51. The lowest BCUT2D eigenvalue weighted by Gasteiger charge is -2.16. The quantitative estimate of drug-likeness (QED) is 0.523. The van der Waals surface area contributed by atoms with E-state index >= 15 is 0 Å². The molecule has 3 N–H and O–H groups in total. The van der Waals surface area contributed by atoms with Crippen molar-refractivity contribution in [3.63, 3.8) is 0 Å². The van der Waals surface area contributed by atoms with E-state index in [2.05, 4.69) is 26.0 Å². The lowest BCUT2D eigenvalue weighted by Crippen LogP contribution is -2.36. The molecule has 0 bridgehead atoms. The second-order valence-electron chi connectivity index (χ2n) is 7.84. The molecule has 1 saturated carbocycles. The predicted molar refractivity (Wildman–Crippen MR) is 117 cm³/mol. The van der Waals surface area contributed by atoms with Gasteiger partial charge in [0.2, 0.25) is 5.91 Å². The maximum atomic E-state index is 12.3. The van der Waals surface area contributed by atoms with Crippen molar-refractivity contribution in [1.29, 1.82) is 0 Å². The van der Waals surface area contributed by atoms with Crippen LogP contribution in [0, 0.1) is 5.92 Å². The molecule has 1 atom stereocenters. The molecule has 2 aromatic carbocycles. The molecule has 0 spiro atoms. The highest BCUT2D eigenvalue weighted by atomic mass is 16.2. The number of hydrogen-bond acceptors (Lipinski definition) is 4. The Morgan fingerprint density at radius 2 is 1.77 bits per heavy atom. The van der Waals surface area contributed by atoms with Crippen LogP contribution < -0.4 is 16.0 Å². The molecule has 1 unspecified atom stereocenters. The molecule has 0 aliphatic heterocycles. The summed E-state index contributed by atoms with van der Waals surface area (Å²) in [5, 5.41) is 12.8. The molecule has 1 aromatic heterocycles. The van der Waals surface area contributed by atoms with Crippen LogP contribution in [-0.2, 0) is 17.9 Å². The molecule has 0 saturated heterocycles. The van der Waals surface area contributed by atoms with Gasteiger partial charge in [-0.3, -0.25) is 4.79 Å². The summed E-state index contributed by atoms with van der Waals surface area (Å²) in [5.74, 6) is 0.263. The van der Waals surface area contributed by atoms with Crippen LogP contribution in [0.5, 0.6) is 0 Å². The second-order valence-corrected chi connectivity index (χ2v) is 7.84. The minimum absolute atomic E-state index is 0.0877. The van der Waals surface area contributed by atoms with Gasteiger partial charge in [-0.05, 0) is 48.6 Å². The van der Waals surface area contributed by atoms with Gasteiger partial charge in [-0.25, -0.2) is 14.5 Å². The molecular weight excluding hydrogens is 392 g/mol. The lowest BCUT2D eigenvalue weighted by atomic mass is 10.1. The van der Waals surface area contributed by atoms with Crippen molar-refractivity contribution in [3.8, 4) is 0 Å². The van der Waals surface area contributed by atoms with Crippen molar-refractivity contribution < 1.29 is 9.59 Å². The third kappa shape index (κ3) is 5.91. The number of hydrogen-bond donors (Lipinski definition) is 3. The number of urea groups is 1. The molecule has 1 aliphatic rings. The van der Waals surface area contributed by atoms with E-state index in [-0.39, 0.29) is 23.9 Å². The van der Waals surface area contributed by atoms with Gasteiger partial charge >= 0.3 is 6.03 Å². The summed E-state index contributed by atoms with van der Waals surface area (Å²) >= 11 is 0. The standard InChI is InChI=1S/C23H26N6O2/c1-16(19-8-10-21(11-9-19)28-22(30)20-6-7-20)27-23(31)25-12-17-2-4-18(5-3-17)13-29-15-24-14-26-29/h2-5,8-11,14-16,20H,6-7,12-13H2,1H3,(H,28,30)(H2,25,27,31). The number of carbonyl (C=O) groups excluding carboxylic acids is 2. The number of benzene rings is 2. The molecule has 3 aromatic rings. The van der Waals surface area contributed by atoms with Gasteiger partial charge in [-0.15, -0.1) is 0 Å². The highest BCUT2D eigenvalue weighted by Crippen LogP contribution is 2.30. The smallest absolute Gasteiger partial charge is 0.315 e. The zero-order valence-corrected chi connectivity index (χ0v) is 17.4. The van der Waals surface area contributed by atoms with Gasteiger partial charge in [0.1, 0.15) is 12.7 Å². The van der Waals surface area contributed by atoms with E-state index in [1.54, 1.807) is 11.0 Å². The molecule has 1 heterocycles. The number of anilines is 1. The van der Waals surface area contributed by atoms with E-state index in [0.717, 1.165) is 35.2 Å². The maximum Gasteiger partial charge on any atom is 0.315 e. The van der Waals surface area contributed by atoms with Crippen LogP contribution in [0.4, 0.5) is 10.5 Å². The first kappa shape index (κ1) is 20.6. The highest BCUT2D eigenvalue weighted by molar-refractivity contribution is 5.94. The Labute approximate surface area is 181 Å². The fourth-order valence-corrected chi connectivity index (χ4v) is 3.22. The first-order valence-electron chi connectivity index (χ1n) is 10.4. The Hall–Kier alpha value is -3.68. The molecule has 4 rings (SSSR count). The zero-order chi connectivity index (χ0) is 21.6. The number of nitrogens with zero attached hydrogens (tertiary/aromatic N) is 3. The molecule has 8 nitrogen and oxygen atoms in total. The molecule has 1 aliphatic carbocycles. The van der Waals surface area contributed by atoms with Crippen LogP contribution in [0.1, 0.15) is 42.5 Å². The van der Waals surface area contributed by atoms with Crippen molar-refractivity contribution in [2.24, 2.45) is 5.92 Å². The molecule has 0 radical (unpaired) electrons. The Morgan fingerprint density at radius 3 is 2.42 bits per heavy atom. The summed E-state index contributed by atoms with van der Waals surface area (Å²) in [6.45, 7) is 3.03. The van der Waals surface area contributed by atoms with Crippen LogP contribution in [0.25, 0.3) is 0 Å². The topological polar surface area (TPSA) is 101 Å². The highest BCUT2D eigenvalue weighted by Gasteiger charge is 2.29. The maximum absolute atomic E-state index is 12.3. The summed E-state index contributed by atoms with van der Waals surface area (Å²) in [4.78, 5) is 28.0. The summed E-state index contributed by atoms with van der Waals surface area (Å²) in [5.41, 5.74) is 3.88. The van der Waals surface area contributed by atoms with Gasteiger partial charge in [0.15, 0.2) is 0 Å². The fourth-order valence-electron chi connectivity index (χ4n) is 3.22. The molecule has 160 valence electrons. The summed E-state index contributed by atoms with van der Waals surface area (Å²) < 4.78 is 1.76. The first-order chi connectivity index (χ1) is 15.1. The van der Waals surface area contributed by atoms with E-state index in [1.807, 2.05) is 55.5 Å². The monoisotopic (exact) mass is 418 g/mol. The van der Waals surface area contributed by atoms with Crippen LogP contribution in [-0.4, -0.2) is 26.7 Å². The van der Waals surface area contributed by atoms with Gasteiger partial charge in [0.25, 0.3) is 0 Å². The number of aromatic nitrogens is 3. The van der Waals surface area contributed by atoms with E-state index in [9.17, 15) is 9.59 Å². The van der Waals surface area contributed by atoms with Gasteiger partial charge in [-0.1, -0.05) is 36.4 Å². The SMILES string of the molecule is CC(NC(=O)NCc1ccc(Cn2cncn2)cc1)c1ccc(NC(=O)C2CC2)cc1. The van der Waals surface area contributed by atoms with Crippen LogP contribution in [0.15, 0.2) is 61.2 Å². The van der Waals surface area contributed by atoms with Gasteiger partial charge < -0.3 is 16.0 Å². The molecule has 8 heteroatoms. The Bertz CT molecular complexity index is 1010. The Balaban J connectivity index is 1.22. The Kier molecular flexibility index (Phi) is 6.26. The van der Waals surface area contributed by atoms with Crippen LogP contribution in [0.2, 0.25) is 0 Å². The third-order valence-electron chi connectivity index (χ3n) is 5.26. The van der Waals surface area contributed by atoms with Crippen LogP contribution in [0.3, 0.4) is 0 Å². The van der Waals surface area contributed by atoms with Crippen molar-refractivity contribution >= 4 is 17.6 Å². The first-order valence-corrected chi connectivity index (χ1v) is 10.4. The zero-order valence-electron chi connectivity index (χ0n) is 17.4. The van der Waals surface area contributed by atoms with E-state index < -0.39 is 0 Å². The molecule has 31 heavy (non-hydrogen) atoms. The van der Waals surface area contributed by atoms with E-state index in [4.69, 9.17) is 0 Å². The minimum Gasteiger partial charge on any atom is -0.334 e. The van der Waals surface area contributed by atoms with Crippen molar-refractivity contribution in [1.82, 2.24) is 25.4 Å². The van der Waals surface area contributed by atoms with Crippen LogP contribution >= 0.6 is 0 Å². The van der Waals surface area contributed by atoms with E-state index in [0.29, 0.717) is 13.1 Å².